The molecular weight excluding hydrogens is 390 g/mol. The molecule has 1 fully saturated rings. The third kappa shape index (κ3) is 3.50. The Kier molecular flexibility index (Phi) is 4.34. The molecule has 0 saturated heterocycles. The standard InChI is InChI=1S/C20H21N5O3S/c1-12-9-13(2)25-18(21-12)23-19(24-25)29-11-17(26)22-14-5-6-15-16(10-14)28-20(27-15)7-3-4-8-20/h5-6,9-10H,3-4,7-8,11H2,1-2H3,(H,22,26). The molecule has 1 aromatic carbocycles. The van der Waals surface area contributed by atoms with Gasteiger partial charge in [0.2, 0.25) is 11.1 Å². The zero-order valence-electron chi connectivity index (χ0n) is 16.3. The van der Waals surface area contributed by atoms with Crippen LogP contribution in [0.25, 0.3) is 5.78 Å². The molecule has 1 spiro atoms. The molecule has 150 valence electrons. The van der Waals surface area contributed by atoms with E-state index in [-0.39, 0.29) is 11.7 Å². The maximum atomic E-state index is 12.4. The number of anilines is 1. The molecule has 9 heteroatoms. The van der Waals surface area contributed by atoms with Crippen LogP contribution in [0.2, 0.25) is 0 Å². The fourth-order valence-electron chi connectivity index (χ4n) is 3.83. The van der Waals surface area contributed by atoms with Crippen LogP contribution in [0, 0.1) is 13.8 Å². The molecule has 0 radical (unpaired) electrons. The average Bonchev–Trinajstić information content (AvgIpc) is 3.38. The predicted molar refractivity (Wildman–Crippen MR) is 109 cm³/mol. The minimum atomic E-state index is -0.500. The number of aromatic nitrogens is 4. The minimum Gasteiger partial charge on any atom is -0.448 e. The number of ether oxygens (including phenoxy) is 2. The first-order valence-corrected chi connectivity index (χ1v) is 10.6. The Morgan fingerprint density at radius 2 is 1.97 bits per heavy atom. The number of carbonyl (C=O) groups excluding carboxylic acids is 1. The second-order valence-corrected chi connectivity index (χ2v) is 8.41. The van der Waals surface area contributed by atoms with Crippen molar-refractivity contribution in [3.63, 3.8) is 0 Å². The number of hydrogen-bond acceptors (Lipinski definition) is 7. The van der Waals surface area contributed by atoms with Crippen LogP contribution >= 0.6 is 11.8 Å². The molecule has 3 aromatic rings. The van der Waals surface area contributed by atoms with Gasteiger partial charge in [0.05, 0.1) is 5.75 Å². The number of fused-ring (bicyclic) bond motifs is 2. The summed E-state index contributed by atoms with van der Waals surface area (Å²) in [5.41, 5.74) is 2.53. The Morgan fingerprint density at radius 1 is 1.17 bits per heavy atom. The normalized spacial score (nSPS) is 16.6. The Bertz CT molecular complexity index is 1110. The first kappa shape index (κ1) is 18.2. The van der Waals surface area contributed by atoms with Gasteiger partial charge >= 0.3 is 0 Å². The van der Waals surface area contributed by atoms with Crippen molar-refractivity contribution < 1.29 is 14.3 Å². The van der Waals surface area contributed by atoms with Crippen molar-refractivity contribution in [2.45, 2.75) is 50.5 Å². The van der Waals surface area contributed by atoms with Crippen molar-refractivity contribution in [1.29, 1.82) is 0 Å². The number of benzene rings is 1. The van der Waals surface area contributed by atoms with Crippen LogP contribution in [0.4, 0.5) is 5.69 Å². The Morgan fingerprint density at radius 3 is 2.79 bits per heavy atom. The van der Waals surface area contributed by atoms with E-state index in [9.17, 15) is 4.79 Å². The van der Waals surface area contributed by atoms with Crippen LogP contribution in [-0.2, 0) is 4.79 Å². The zero-order valence-corrected chi connectivity index (χ0v) is 17.1. The van der Waals surface area contributed by atoms with Crippen molar-refractivity contribution in [2.75, 3.05) is 11.1 Å². The van der Waals surface area contributed by atoms with Gasteiger partial charge < -0.3 is 14.8 Å². The molecule has 1 aliphatic carbocycles. The van der Waals surface area contributed by atoms with E-state index in [1.165, 1.54) is 11.8 Å². The molecule has 1 N–H and O–H groups in total. The molecular formula is C20H21N5O3S. The minimum absolute atomic E-state index is 0.135. The lowest BCUT2D eigenvalue weighted by atomic mass is 10.2. The Hall–Kier alpha value is -2.81. The highest BCUT2D eigenvalue weighted by atomic mass is 32.2. The Balaban J connectivity index is 1.22. The first-order valence-electron chi connectivity index (χ1n) is 9.65. The van der Waals surface area contributed by atoms with E-state index in [0.29, 0.717) is 22.4 Å². The highest BCUT2D eigenvalue weighted by Crippen LogP contribution is 2.47. The lowest BCUT2D eigenvalue weighted by Crippen LogP contribution is -2.34. The molecule has 1 saturated carbocycles. The van der Waals surface area contributed by atoms with Gasteiger partial charge in [0.25, 0.3) is 11.6 Å². The molecule has 8 nitrogen and oxygen atoms in total. The molecule has 2 aliphatic rings. The summed E-state index contributed by atoms with van der Waals surface area (Å²) in [6.07, 6.45) is 4.03. The van der Waals surface area contributed by atoms with Gasteiger partial charge in [-0.05, 0) is 44.9 Å². The third-order valence-electron chi connectivity index (χ3n) is 5.12. The van der Waals surface area contributed by atoms with Crippen LogP contribution < -0.4 is 14.8 Å². The van der Waals surface area contributed by atoms with E-state index >= 15 is 0 Å². The molecule has 29 heavy (non-hydrogen) atoms. The lowest BCUT2D eigenvalue weighted by Gasteiger charge is -2.21. The summed E-state index contributed by atoms with van der Waals surface area (Å²) in [6.45, 7) is 3.87. The molecule has 0 unspecified atom stereocenters. The highest BCUT2D eigenvalue weighted by Gasteiger charge is 2.44. The summed E-state index contributed by atoms with van der Waals surface area (Å²) in [5, 5.41) is 7.83. The second kappa shape index (κ2) is 6.91. The van der Waals surface area contributed by atoms with Gasteiger partial charge in [-0.2, -0.15) is 4.98 Å². The largest absolute Gasteiger partial charge is 0.448 e. The van der Waals surface area contributed by atoms with E-state index in [1.807, 2.05) is 38.1 Å². The highest BCUT2D eigenvalue weighted by molar-refractivity contribution is 7.99. The average molecular weight is 411 g/mol. The van der Waals surface area contributed by atoms with Crippen molar-refractivity contribution in [1.82, 2.24) is 19.6 Å². The summed E-state index contributed by atoms with van der Waals surface area (Å²) in [4.78, 5) is 21.1. The summed E-state index contributed by atoms with van der Waals surface area (Å²) < 4.78 is 13.7. The number of hydrogen-bond donors (Lipinski definition) is 1. The fourth-order valence-corrected chi connectivity index (χ4v) is 4.44. The number of rotatable bonds is 4. The third-order valence-corrected chi connectivity index (χ3v) is 5.95. The second-order valence-electron chi connectivity index (χ2n) is 7.47. The van der Waals surface area contributed by atoms with Crippen LogP contribution in [0.15, 0.2) is 29.4 Å². The summed E-state index contributed by atoms with van der Waals surface area (Å²) >= 11 is 1.28. The van der Waals surface area contributed by atoms with Crippen LogP contribution in [0.5, 0.6) is 11.5 Å². The molecule has 1 aliphatic heterocycles. The fraction of sp³-hybridized carbons (Fsp3) is 0.400. The van der Waals surface area contributed by atoms with E-state index < -0.39 is 5.79 Å². The van der Waals surface area contributed by atoms with Crippen molar-refractivity contribution >= 4 is 29.1 Å². The van der Waals surface area contributed by atoms with Gasteiger partial charge in [-0.3, -0.25) is 4.79 Å². The topological polar surface area (TPSA) is 90.6 Å². The maximum Gasteiger partial charge on any atom is 0.253 e. The molecule has 2 aromatic heterocycles. The van der Waals surface area contributed by atoms with E-state index in [2.05, 4.69) is 20.4 Å². The summed E-state index contributed by atoms with van der Waals surface area (Å²) in [6, 6.07) is 7.45. The number of thioether (sulfide) groups is 1. The Labute approximate surface area is 172 Å². The number of nitrogens with zero attached hydrogens (tertiary/aromatic N) is 4. The zero-order chi connectivity index (χ0) is 20.0. The van der Waals surface area contributed by atoms with Gasteiger partial charge in [-0.25, -0.2) is 9.50 Å². The van der Waals surface area contributed by atoms with Gasteiger partial charge in [-0.15, -0.1) is 5.10 Å². The summed E-state index contributed by atoms with van der Waals surface area (Å²) in [5.74, 6) is 1.54. The van der Waals surface area contributed by atoms with E-state index in [0.717, 1.165) is 42.8 Å². The number of amides is 1. The molecule has 0 bridgehead atoms. The van der Waals surface area contributed by atoms with E-state index in [1.54, 1.807) is 4.52 Å². The molecule has 3 heterocycles. The van der Waals surface area contributed by atoms with Crippen LogP contribution in [0.1, 0.15) is 37.1 Å². The number of aryl methyl sites for hydroxylation is 2. The van der Waals surface area contributed by atoms with Gasteiger partial charge in [0, 0.05) is 36.0 Å². The lowest BCUT2D eigenvalue weighted by molar-refractivity contribution is -0.113. The monoisotopic (exact) mass is 411 g/mol. The van der Waals surface area contributed by atoms with Gasteiger partial charge in [0.15, 0.2) is 11.5 Å². The van der Waals surface area contributed by atoms with Crippen molar-refractivity contribution in [3.8, 4) is 11.5 Å². The predicted octanol–water partition coefficient (Wildman–Crippen LogP) is 3.51. The van der Waals surface area contributed by atoms with E-state index in [4.69, 9.17) is 9.47 Å². The maximum absolute atomic E-state index is 12.4. The van der Waals surface area contributed by atoms with Crippen molar-refractivity contribution in [3.05, 3.63) is 35.7 Å². The molecule has 1 amide bonds. The molecule has 5 rings (SSSR count). The number of carbonyl (C=O) groups is 1. The summed E-state index contributed by atoms with van der Waals surface area (Å²) in [7, 11) is 0. The smallest absolute Gasteiger partial charge is 0.253 e. The van der Waals surface area contributed by atoms with Crippen LogP contribution in [0.3, 0.4) is 0 Å². The van der Waals surface area contributed by atoms with Crippen molar-refractivity contribution in [2.24, 2.45) is 0 Å². The SMILES string of the molecule is Cc1cc(C)n2nc(SCC(=O)Nc3ccc4c(c3)OC3(CCCC3)O4)nc2n1. The quantitative estimate of drug-likeness (QED) is 0.657. The van der Waals surface area contributed by atoms with Crippen LogP contribution in [-0.4, -0.2) is 37.0 Å². The number of nitrogens with one attached hydrogen (secondary N) is 1. The van der Waals surface area contributed by atoms with Gasteiger partial charge in [0.1, 0.15) is 0 Å². The first-order chi connectivity index (χ1) is 14.0. The molecule has 0 atom stereocenters. The van der Waals surface area contributed by atoms with Gasteiger partial charge in [-0.1, -0.05) is 11.8 Å².